The number of aromatic nitrogens is 2. The van der Waals surface area contributed by atoms with E-state index in [2.05, 4.69) is 50.1 Å². The molecule has 0 radical (unpaired) electrons. The van der Waals surface area contributed by atoms with Gasteiger partial charge < -0.3 is 9.88 Å². The fraction of sp³-hybridized carbons (Fsp3) is 0.263. The summed E-state index contributed by atoms with van der Waals surface area (Å²) < 4.78 is 0. The second kappa shape index (κ2) is 6.45. The van der Waals surface area contributed by atoms with Gasteiger partial charge in [-0.1, -0.05) is 30.3 Å². The molecular formula is C19H20N4O. The van der Waals surface area contributed by atoms with E-state index in [9.17, 15) is 4.79 Å². The Morgan fingerprint density at radius 1 is 1.04 bits per heavy atom. The molecule has 2 aromatic heterocycles. The molecule has 0 amide bonds. The Hall–Kier alpha value is -2.66. The Morgan fingerprint density at radius 2 is 1.83 bits per heavy atom. The maximum Gasteiger partial charge on any atom is 0.190 e. The van der Waals surface area contributed by atoms with Crippen LogP contribution in [0.1, 0.15) is 5.56 Å². The molecule has 0 atom stereocenters. The van der Waals surface area contributed by atoms with E-state index in [4.69, 9.17) is 0 Å². The van der Waals surface area contributed by atoms with Crippen LogP contribution in [-0.4, -0.2) is 41.0 Å². The Kier molecular flexibility index (Phi) is 4.01. The number of rotatable bonds is 3. The van der Waals surface area contributed by atoms with Gasteiger partial charge in [0.1, 0.15) is 5.82 Å². The van der Waals surface area contributed by atoms with Crippen molar-refractivity contribution in [2.24, 2.45) is 0 Å². The first-order valence-electron chi connectivity index (χ1n) is 8.28. The number of piperazine rings is 1. The molecule has 1 aliphatic heterocycles. The number of fused-ring (bicyclic) bond motifs is 1. The predicted octanol–water partition coefficient (Wildman–Crippen LogP) is 2.25. The third kappa shape index (κ3) is 3.03. The standard InChI is InChI=1S/C19H20N4O/c24-18-6-7-20-17-12-19(21-13-16(17)18)23-10-8-22(9-11-23)14-15-4-2-1-3-5-15/h1-7,12-13H,8-11,14H2,(H,20,24). The number of hydrogen-bond acceptors (Lipinski definition) is 4. The smallest absolute Gasteiger partial charge is 0.190 e. The van der Waals surface area contributed by atoms with Gasteiger partial charge in [-0.05, 0) is 5.56 Å². The third-order valence-corrected chi connectivity index (χ3v) is 4.57. The van der Waals surface area contributed by atoms with Crippen molar-refractivity contribution in [1.29, 1.82) is 0 Å². The normalized spacial score (nSPS) is 15.8. The Morgan fingerprint density at radius 3 is 2.62 bits per heavy atom. The topological polar surface area (TPSA) is 52.2 Å². The van der Waals surface area contributed by atoms with Gasteiger partial charge in [0.25, 0.3) is 0 Å². The highest BCUT2D eigenvalue weighted by Crippen LogP contribution is 2.18. The molecule has 0 saturated carbocycles. The van der Waals surface area contributed by atoms with Gasteiger partial charge in [0, 0.05) is 57.3 Å². The van der Waals surface area contributed by atoms with Gasteiger partial charge in [0.15, 0.2) is 5.43 Å². The van der Waals surface area contributed by atoms with Crippen molar-refractivity contribution >= 4 is 16.7 Å². The van der Waals surface area contributed by atoms with Gasteiger partial charge in [-0.3, -0.25) is 9.69 Å². The number of benzene rings is 1. The number of anilines is 1. The van der Waals surface area contributed by atoms with Crippen molar-refractivity contribution in [3.63, 3.8) is 0 Å². The molecule has 1 N–H and O–H groups in total. The molecular weight excluding hydrogens is 300 g/mol. The lowest BCUT2D eigenvalue weighted by atomic mass is 10.2. The molecule has 24 heavy (non-hydrogen) atoms. The highest BCUT2D eigenvalue weighted by molar-refractivity contribution is 5.79. The van der Waals surface area contributed by atoms with Gasteiger partial charge >= 0.3 is 0 Å². The average Bonchev–Trinajstić information content (AvgIpc) is 2.63. The summed E-state index contributed by atoms with van der Waals surface area (Å²) in [5.41, 5.74) is 2.21. The van der Waals surface area contributed by atoms with Crippen molar-refractivity contribution in [3.05, 3.63) is 70.6 Å². The summed E-state index contributed by atoms with van der Waals surface area (Å²) in [5, 5.41) is 0.643. The molecule has 3 aromatic rings. The van der Waals surface area contributed by atoms with Crippen molar-refractivity contribution in [1.82, 2.24) is 14.9 Å². The summed E-state index contributed by atoms with van der Waals surface area (Å²) >= 11 is 0. The van der Waals surface area contributed by atoms with E-state index < -0.39 is 0 Å². The van der Waals surface area contributed by atoms with E-state index in [0.717, 1.165) is 44.1 Å². The zero-order valence-electron chi connectivity index (χ0n) is 13.5. The molecule has 0 spiro atoms. The molecule has 1 saturated heterocycles. The minimum atomic E-state index is 0.00970. The number of nitrogens with one attached hydrogen (secondary N) is 1. The predicted molar refractivity (Wildman–Crippen MR) is 96.3 cm³/mol. The van der Waals surface area contributed by atoms with Crippen LogP contribution in [0.2, 0.25) is 0 Å². The summed E-state index contributed by atoms with van der Waals surface area (Å²) in [4.78, 5) is 24.2. The molecule has 3 heterocycles. The summed E-state index contributed by atoms with van der Waals surface area (Å²) in [6.45, 7) is 4.91. The van der Waals surface area contributed by atoms with Crippen LogP contribution in [0.15, 0.2) is 59.7 Å². The van der Waals surface area contributed by atoms with Crippen LogP contribution in [-0.2, 0) is 6.54 Å². The van der Waals surface area contributed by atoms with Gasteiger partial charge in [0.05, 0.1) is 10.9 Å². The first kappa shape index (κ1) is 14.9. The number of aromatic amines is 1. The molecule has 0 unspecified atom stereocenters. The van der Waals surface area contributed by atoms with Crippen LogP contribution in [0, 0.1) is 0 Å². The highest BCUT2D eigenvalue weighted by Gasteiger charge is 2.18. The second-order valence-electron chi connectivity index (χ2n) is 6.18. The van der Waals surface area contributed by atoms with Crippen LogP contribution in [0.4, 0.5) is 5.82 Å². The fourth-order valence-electron chi connectivity index (χ4n) is 3.21. The maximum atomic E-state index is 11.8. The summed E-state index contributed by atoms with van der Waals surface area (Å²) in [6, 6.07) is 14.1. The fourth-order valence-corrected chi connectivity index (χ4v) is 3.21. The minimum absolute atomic E-state index is 0.00970. The molecule has 0 aliphatic carbocycles. The summed E-state index contributed by atoms with van der Waals surface area (Å²) in [6.07, 6.45) is 3.37. The maximum absolute atomic E-state index is 11.8. The van der Waals surface area contributed by atoms with Gasteiger partial charge in [0.2, 0.25) is 0 Å². The SMILES string of the molecule is O=c1cc[nH]c2cc(N3CCN(Cc4ccccc4)CC3)ncc12. The van der Waals surface area contributed by atoms with Crippen LogP contribution >= 0.6 is 0 Å². The monoisotopic (exact) mass is 320 g/mol. The van der Waals surface area contributed by atoms with Crippen molar-refractivity contribution in [2.45, 2.75) is 6.54 Å². The lowest BCUT2D eigenvalue weighted by Crippen LogP contribution is -2.46. The number of nitrogens with zero attached hydrogens (tertiary/aromatic N) is 3. The summed E-state index contributed by atoms with van der Waals surface area (Å²) in [5.74, 6) is 0.934. The molecule has 5 heteroatoms. The molecule has 4 rings (SSSR count). The van der Waals surface area contributed by atoms with Crippen LogP contribution in [0.25, 0.3) is 10.9 Å². The molecule has 0 bridgehead atoms. The Bertz CT molecular complexity index is 883. The molecule has 1 aromatic carbocycles. The lowest BCUT2D eigenvalue weighted by Gasteiger charge is -2.35. The highest BCUT2D eigenvalue weighted by atomic mass is 16.1. The number of pyridine rings is 2. The van der Waals surface area contributed by atoms with E-state index in [1.165, 1.54) is 11.6 Å². The molecule has 1 fully saturated rings. The average molecular weight is 320 g/mol. The second-order valence-corrected chi connectivity index (χ2v) is 6.18. The zero-order chi connectivity index (χ0) is 16.4. The van der Waals surface area contributed by atoms with E-state index in [1.54, 1.807) is 12.4 Å². The van der Waals surface area contributed by atoms with E-state index in [1.807, 2.05) is 6.07 Å². The number of hydrogen-bond donors (Lipinski definition) is 1. The van der Waals surface area contributed by atoms with E-state index >= 15 is 0 Å². The lowest BCUT2D eigenvalue weighted by molar-refractivity contribution is 0.249. The van der Waals surface area contributed by atoms with Crippen LogP contribution in [0.3, 0.4) is 0 Å². The summed E-state index contributed by atoms with van der Waals surface area (Å²) in [7, 11) is 0. The Labute approximate surface area is 140 Å². The molecule has 122 valence electrons. The van der Waals surface area contributed by atoms with Crippen molar-refractivity contribution in [3.8, 4) is 0 Å². The molecule has 5 nitrogen and oxygen atoms in total. The van der Waals surface area contributed by atoms with E-state index in [0.29, 0.717) is 5.39 Å². The third-order valence-electron chi connectivity index (χ3n) is 4.57. The first-order valence-corrected chi connectivity index (χ1v) is 8.28. The largest absolute Gasteiger partial charge is 0.361 e. The quantitative estimate of drug-likeness (QED) is 0.804. The van der Waals surface area contributed by atoms with Crippen molar-refractivity contribution < 1.29 is 0 Å². The van der Waals surface area contributed by atoms with E-state index in [-0.39, 0.29) is 5.43 Å². The van der Waals surface area contributed by atoms with Gasteiger partial charge in [-0.15, -0.1) is 0 Å². The zero-order valence-corrected chi connectivity index (χ0v) is 13.5. The van der Waals surface area contributed by atoms with Gasteiger partial charge in [-0.2, -0.15) is 0 Å². The number of H-pyrrole nitrogens is 1. The Balaban J connectivity index is 1.45. The minimum Gasteiger partial charge on any atom is -0.361 e. The van der Waals surface area contributed by atoms with Gasteiger partial charge in [-0.25, -0.2) is 4.98 Å². The van der Waals surface area contributed by atoms with Crippen LogP contribution in [0.5, 0.6) is 0 Å². The van der Waals surface area contributed by atoms with Crippen LogP contribution < -0.4 is 10.3 Å². The molecule has 1 aliphatic rings. The first-order chi connectivity index (χ1) is 11.8. The van der Waals surface area contributed by atoms with Crippen molar-refractivity contribution in [2.75, 3.05) is 31.1 Å².